The van der Waals surface area contributed by atoms with Crippen LogP contribution in [0.1, 0.15) is 39.8 Å². The average molecular weight is 631 g/mol. The van der Waals surface area contributed by atoms with Crippen LogP contribution >= 0.6 is 0 Å². The van der Waals surface area contributed by atoms with E-state index >= 15 is 0 Å². The molecule has 2 atom stereocenters. The number of primary amides is 1. The number of carbonyl (C=O) groups is 2. The Morgan fingerprint density at radius 2 is 1.82 bits per heavy atom. The van der Waals surface area contributed by atoms with Gasteiger partial charge in [0.2, 0.25) is 11.5 Å². The number of hydrogen-bond acceptors (Lipinski definition) is 7. The Bertz CT molecular complexity index is 1830. The number of amides is 2. The molecular formula is C31H27F5N4O5. The van der Waals surface area contributed by atoms with Crippen LogP contribution in [0.4, 0.5) is 22.0 Å². The summed E-state index contributed by atoms with van der Waals surface area (Å²) in [4.78, 5) is 34.0. The molecule has 1 aliphatic heterocycles. The van der Waals surface area contributed by atoms with Crippen molar-refractivity contribution in [2.45, 2.75) is 37.7 Å². The maximum absolute atomic E-state index is 14.7. The molecule has 2 amide bonds. The third-order valence-corrected chi connectivity index (χ3v) is 7.94. The summed E-state index contributed by atoms with van der Waals surface area (Å²) in [5.74, 6) is -2.49. The molecule has 1 unspecified atom stereocenters. The second kappa shape index (κ2) is 11.3. The van der Waals surface area contributed by atoms with Crippen LogP contribution in [0.5, 0.6) is 11.5 Å². The molecule has 0 radical (unpaired) electrons. The van der Waals surface area contributed by atoms with Crippen LogP contribution in [0.2, 0.25) is 0 Å². The molecule has 2 aromatic heterocycles. The van der Waals surface area contributed by atoms with Crippen molar-refractivity contribution in [3.05, 3.63) is 82.4 Å². The van der Waals surface area contributed by atoms with Crippen LogP contribution in [-0.2, 0) is 22.5 Å². The summed E-state index contributed by atoms with van der Waals surface area (Å²) < 4.78 is 82.2. The summed E-state index contributed by atoms with van der Waals surface area (Å²) in [5.41, 5.74) is -0.0796. The van der Waals surface area contributed by atoms with Gasteiger partial charge in [0, 0.05) is 33.3 Å². The van der Waals surface area contributed by atoms with Crippen LogP contribution < -0.4 is 20.5 Å². The first kappa shape index (κ1) is 31.6. The monoisotopic (exact) mass is 630 g/mol. The number of fused-ring (bicyclic) bond motifs is 2. The number of alkyl halides is 4. The van der Waals surface area contributed by atoms with Crippen LogP contribution in [0.15, 0.2) is 48.5 Å². The second-order valence-corrected chi connectivity index (χ2v) is 10.9. The molecule has 1 aliphatic rings. The van der Waals surface area contributed by atoms with Gasteiger partial charge in [0.1, 0.15) is 47.2 Å². The molecule has 0 bridgehead atoms. The Hall–Kier alpha value is -4.85. The zero-order valence-corrected chi connectivity index (χ0v) is 24.2. The van der Waals surface area contributed by atoms with Crippen molar-refractivity contribution in [2.24, 2.45) is 5.73 Å². The molecule has 45 heavy (non-hydrogen) atoms. The van der Waals surface area contributed by atoms with Gasteiger partial charge in [0.25, 0.3) is 5.91 Å². The van der Waals surface area contributed by atoms with E-state index in [0.29, 0.717) is 16.6 Å². The largest absolute Gasteiger partial charge is 0.494 e. The minimum absolute atomic E-state index is 0.0556. The molecule has 0 spiro atoms. The standard InChI is InChI=1S/C31H27F5N4O5/c1-15-19(12-32)9-17-8-18(10-22(44-3)24(17)39-15)27(41)38-13-30(43,31(34,35)36)23-11-21-26(45-14-29(21,2)28(37)42)25(40-23)16-4-6-20(33)7-5-16/h4-11,43H,12-14H2,1-3H3,(H2,37,42)(H,38,41)/t29-,30?/m0/s1. The fourth-order valence-corrected chi connectivity index (χ4v) is 5.06. The molecule has 236 valence electrons. The fourth-order valence-electron chi connectivity index (χ4n) is 5.06. The summed E-state index contributed by atoms with van der Waals surface area (Å²) in [6, 6.07) is 9.48. The molecule has 9 nitrogen and oxygen atoms in total. The summed E-state index contributed by atoms with van der Waals surface area (Å²) in [6.45, 7) is 0.408. The number of nitrogens with zero attached hydrogens (tertiary/aromatic N) is 2. The Morgan fingerprint density at radius 3 is 2.42 bits per heavy atom. The Labute approximate surface area is 253 Å². The second-order valence-electron chi connectivity index (χ2n) is 10.9. The maximum atomic E-state index is 14.7. The highest BCUT2D eigenvalue weighted by atomic mass is 19.4. The Morgan fingerprint density at radius 1 is 1.13 bits per heavy atom. The molecule has 2 aromatic carbocycles. The van der Waals surface area contributed by atoms with Crippen molar-refractivity contribution < 1.29 is 46.1 Å². The van der Waals surface area contributed by atoms with Gasteiger partial charge in [-0.25, -0.2) is 18.7 Å². The summed E-state index contributed by atoms with van der Waals surface area (Å²) in [7, 11) is 1.31. The van der Waals surface area contributed by atoms with Gasteiger partial charge in [-0.3, -0.25) is 9.59 Å². The van der Waals surface area contributed by atoms with Crippen LogP contribution in [-0.4, -0.2) is 53.3 Å². The summed E-state index contributed by atoms with van der Waals surface area (Å²) in [6.07, 6.45) is -5.40. The van der Waals surface area contributed by atoms with E-state index in [2.05, 4.69) is 15.3 Å². The maximum Gasteiger partial charge on any atom is 0.424 e. The van der Waals surface area contributed by atoms with Crippen LogP contribution in [0, 0.1) is 12.7 Å². The van der Waals surface area contributed by atoms with Gasteiger partial charge in [-0.2, -0.15) is 13.2 Å². The predicted octanol–water partition coefficient (Wildman–Crippen LogP) is 4.54. The zero-order chi connectivity index (χ0) is 32.9. The number of benzene rings is 2. The highest BCUT2D eigenvalue weighted by molar-refractivity contribution is 6.00. The minimum Gasteiger partial charge on any atom is -0.494 e. The van der Waals surface area contributed by atoms with E-state index in [1.165, 1.54) is 44.4 Å². The van der Waals surface area contributed by atoms with Crippen molar-refractivity contribution in [3.63, 3.8) is 0 Å². The van der Waals surface area contributed by atoms with Gasteiger partial charge >= 0.3 is 6.18 Å². The number of carbonyl (C=O) groups excluding carboxylic acids is 2. The number of aliphatic hydroxyl groups is 1. The molecule has 0 saturated carbocycles. The van der Waals surface area contributed by atoms with Crippen LogP contribution in [0.3, 0.4) is 0 Å². The Balaban J connectivity index is 1.58. The third kappa shape index (κ3) is 5.39. The van der Waals surface area contributed by atoms with Gasteiger partial charge in [-0.1, -0.05) is 0 Å². The average Bonchev–Trinajstić information content (AvgIpc) is 3.36. The molecule has 3 heterocycles. The normalized spacial score (nSPS) is 17.4. The molecule has 14 heteroatoms. The molecule has 4 aromatic rings. The fraction of sp³-hybridized carbons (Fsp3) is 0.290. The van der Waals surface area contributed by atoms with E-state index in [4.69, 9.17) is 15.2 Å². The molecule has 0 saturated heterocycles. The molecule has 0 aliphatic carbocycles. The lowest BCUT2D eigenvalue weighted by atomic mass is 9.81. The van der Waals surface area contributed by atoms with Gasteiger partial charge in [-0.05, 0) is 62.4 Å². The molecule has 5 rings (SSSR count). The number of halogens is 5. The molecular weight excluding hydrogens is 603 g/mol. The number of hydrogen-bond donors (Lipinski definition) is 3. The first-order chi connectivity index (χ1) is 21.1. The van der Waals surface area contributed by atoms with E-state index in [-0.39, 0.29) is 46.1 Å². The third-order valence-electron chi connectivity index (χ3n) is 7.94. The SMILES string of the molecule is COc1cc(C(=O)NCC(O)(c2cc3c(c(-c4ccc(F)cc4)n2)OC[C@]3(C)C(N)=O)C(F)(F)F)cc2cc(CF)c(C)nc12. The van der Waals surface area contributed by atoms with Gasteiger partial charge < -0.3 is 25.6 Å². The number of pyridine rings is 2. The van der Waals surface area contributed by atoms with Crippen molar-refractivity contribution in [1.82, 2.24) is 15.3 Å². The van der Waals surface area contributed by atoms with Gasteiger partial charge in [0.05, 0.1) is 19.3 Å². The number of ether oxygens (including phenoxy) is 2. The van der Waals surface area contributed by atoms with Gasteiger partial charge in [0.15, 0.2) is 0 Å². The lowest BCUT2D eigenvalue weighted by molar-refractivity contribution is -0.265. The number of nitrogens with two attached hydrogens (primary N) is 1. The zero-order valence-electron chi connectivity index (χ0n) is 24.2. The number of aryl methyl sites for hydroxylation is 1. The minimum atomic E-state index is -5.40. The van der Waals surface area contributed by atoms with Gasteiger partial charge in [-0.15, -0.1) is 0 Å². The predicted molar refractivity (Wildman–Crippen MR) is 152 cm³/mol. The topological polar surface area (TPSA) is 137 Å². The van der Waals surface area contributed by atoms with E-state index in [1.54, 1.807) is 6.92 Å². The van der Waals surface area contributed by atoms with E-state index < -0.39 is 53.7 Å². The highest BCUT2D eigenvalue weighted by Gasteiger charge is 2.57. The number of rotatable bonds is 8. The van der Waals surface area contributed by atoms with Crippen molar-refractivity contribution >= 4 is 22.7 Å². The van der Waals surface area contributed by atoms with E-state index in [1.807, 2.05) is 0 Å². The molecule has 0 fully saturated rings. The lowest BCUT2D eigenvalue weighted by Crippen LogP contribution is -2.51. The first-order valence-corrected chi connectivity index (χ1v) is 13.5. The van der Waals surface area contributed by atoms with E-state index in [9.17, 15) is 36.6 Å². The van der Waals surface area contributed by atoms with E-state index in [0.717, 1.165) is 18.2 Å². The lowest BCUT2D eigenvalue weighted by Gasteiger charge is -2.31. The number of nitrogens with one attached hydrogen (secondary N) is 1. The first-order valence-electron chi connectivity index (χ1n) is 13.5. The van der Waals surface area contributed by atoms with Crippen LogP contribution in [0.25, 0.3) is 22.2 Å². The number of aromatic nitrogens is 2. The Kier molecular flexibility index (Phi) is 7.90. The molecule has 4 N–H and O–H groups in total. The quantitative estimate of drug-likeness (QED) is 0.243. The van der Waals surface area contributed by atoms with Crippen molar-refractivity contribution in [2.75, 3.05) is 20.3 Å². The summed E-state index contributed by atoms with van der Waals surface area (Å²) >= 11 is 0. The summed E-state index contributed by atoms with van der Waals surface area (Å²) in [5, 5.41) is 13.7. The highest BCUT2D eigenvalue weighted by Crippen LogP contribution is 2.47. The van der Waals surface area contributed by atoms with Crippen molar-refractivity contribution in [3.8, 4) is 22.8 Å². The number of methoxy groups -OCH3 is 1. The smallest absolute Gasteiger partial charge is 0.424 e. The van der Waals surface area contributed by atoms with Crippen molar-refractivity contribution in [1.29, 1.82) is 0 Å².